The van der Waals surface area contributed by atoms with Crippen LogP contribution in [0.1, 0.15) is 205 Å². The molecule has 0 saturated carbocycles. The Kier molecular flexibility index (Phi) is 53.6. The molecule has 22 N–H and O–H groups in total. The number of nitrogens with two attached hydrogens (primary N) is 9. The number of hydrogen-bond donors (Lipinski definition) is 13. The van der Waals surface area contributed by atoms with Gasteiger partial charge < -0.3 is 102 Å². The van der Waals surface area contributed by atoms with Crippen molar-refractivity contribution in [3.05, 3.63) is 64.8 Å². The quantitative estimate of drug-likeness (QED) is 0.0167. The van der Waals surface area contributed by atoms with E-state index >= 15 is 0 Å². The van der Waals surface area contributed by atoms with Crippen LogP contribution in [-0.2, 0) is 0 Å². The summed E-state index contributed by atoms with van der Waals surface area (Å²) in [6, 6.07) is 5.52. The highest BCUT2D eigenvalue weighted by atomic mass is 15.3. The lowest BCUT2D eigenvalue weighted by molar-refractivity contribution is 0.694. The Morgan fingerprint density at radius 3 is 0.975 bits per heavy atom. The van der Waals surface area contributed by atoms with E-state index in [0.717, 1.165) is 120 Å². The summed E-state index contributed by atoms with van der Waals surface area (Å²) in [5.74, 6) is 15.4. The fraction of sp³-hybridized carbons (Fsp3) is 0.615. The second-order valence-electron chi connectivity index (χ2n) is 27.9. The molecule has 0 bridgehead atoms. The predicted octanol–water partition coefficient (Wildman–Crippen LogP) is 9.29. The van der Waals surface area contributed by atoms with Crippen molar-refractivity contribution in [2.45, 2.75) is 214 Å². The lowest BCUT2D eigenvalue weighted by atomic mass is 10.2. The van der Waals surface area contributed by atoms with E-state index in [9.17, 15) is 0 Å². The smallest absolute Gasteiger partial charge is 0.230 e. The monoisotopic (exact) mass is 1680 g/mol. The van der Waals surface area contributed by atoms with Gasteiger partial charge in [-0.05, 0) is 114 Å². The van der Waals surface area contributed by atoms with Gasteiger partial charge in [0.05, 0.1) is 0 Å². The maximum Gasteiger partial charge on any atom is 0.230 e. The first kappa shape index (κ1) is 107. The van der Waals surface area contributed by atoms with Crippen molar-refractivity contribution in [3.8, 4) is 0 Å². The van der Waals surface area contributed by atoms with Crippen LogP contribution >= 0.6 is 0 Å². The Morgan fingerprint density at radius 1 is 0.248 bits per heavy atom. The molecule has 0 unspecified atom stereocenters. The van der Waals surface area contributed by atoms with Crippen molar-refractivity contribution in [1.29, 1.82) is 0 Å². The van der Waals surface area contributed by atoms with Gasteiger partial charge in [-0.1, -0.05) is 99.8 Å². The van der Waals surface area contributed by atoms with Crippen molar-refractivity contribution in [3.63, 3.8) is 0 Å². The van der Waals surface area contributed by atoms with Crippen LogP contribution in [0.4, 0.5) is 112 Å². The molecule has 0 aliphatic carbocycles. The van der Waals surface area contributed by atoms with Crippen molar-refractivity contribution in [2.24, 2.45) is 0 Å². The Morgan fingerprint density at radius 2 is 0.587 bits per heavy atom. The van der Waals surface area contributed by atoms with Crippen LogP contribution in [0.2, 0.25) is 0 Å². The molecule has 0 fully saturated rings. The van der Waals surface area contributed by atoms with E-state index in [1.54, 1.807) is 40.7 Å². The van der Waals surface area contributed by atoms with Gasteiger partial charge in [0.15, 0.2) is 0 Å². The number of nitrogens with zero attached hydrogens (tertiary/aromatic N) is 30. The highest BCUT2D eigenvalue weighted by molar-refractivity contribution is 5.53. The lowest BCUT2D eigenvalue weighted by Crippen LogP contribution is -2.22. The molecular weight excluding hydrogens is 1540 g/mol. The molecule has 0 saturated heterocycles. The van der Waals surface area contributed by atoms with Gasteiger partial charge in [-0.3, -0.25) is 0 Å². The summed E-state index contributed by atoms with van der Waals surface area (Å²) in [7, 11) is 13.8. The summed E-state index contributed by atoms with van der Waals surface area (Å²) in [5.41, 5.74) is 49.8. The first-order chi connectivity index (χ1) is 57.4. The van der Waals surface area contributed by atoms with Gasteiger partial charge in [0, 0.05) is 126 Å². The summed E-state index contributed by atoms with van der Waals surface area (Å²) in [6.07, 6.45) is 17.5. The average Bonchev–Trinajstić information content (AvgIpc) is 0.894. The molecule has 0 amide bonds. The van der Waals surface area contributed by atoms with Crippen LogP contribution in [-0.4, -0.2) is 228 Å². The van der Waals surface area contributed by atoms with Crippen LogP contribution in [0, 0.1) is 55.4 Å². The Bertz CT molecular complexity index is 4130. The molecule has 43 nitrogen and oxygen atoms in total. The largest absolute Gasteiger partial charge is 0.384 e. The fourth-order valence-corrected chi connectivity index (χ4v) is 9.90. The highest BCUT2D eigenvalue weighted by Crippen LogP contribution is 2.20. The summed E-state index contributed by atoms with van der Waals surface area (Å²) >= 11 is 0. The summed E-state index contributed by atoms with van der Waals surface area (Å²) < 4.78 is 0. The molecule has 9 aromatic heterocycles. The van der Waals surface area contributed by atoms with Crippen molar-refractivity contribution >= 4 is 112 Å². The fourth-order valence-electron chi connectivity index (χ4n) is 9.90. The molecule has 0 aliphatic rings. The summed E-state index contributed by atoms with van der Waals surface area (Å²) in [5, 5.41) is 12.3. The standard InChI is InChI=1S/C12H23N5.C10H19N5.C10H18N4.C9H17N5.C9H16N4.C8H15N5.2C7H13N5.C6H11N5/c1-5-6-7-8-17(4)11-9-10(16(2)3)14-12(13)15-11;1-4-5-6-7-15(3)10-13-8(2)12-9(11)14-10;1-4-5-6-14(3)10-7-9(11)12-8(2)13-10;1-3-4-5-6-11-9-13-7(2)12-8(10)14-9;1-3-4-5-11-9-6-8(10)12-7(2)13-9;1-4-5-13(3)8-11-6(2)10-7(9)12-8;1-4-12(3)7-10-5(2)9-6(8)11-7;1-3-4-9-7-11-5(2)10-6(8)12-7;1-3-8-6-10-4(2)9-5(7)11-6/h9H,5-8H2,1-4H3,(H2,13,14,15);4-7H2,1-3H3,(H2,11,12,13,14);7H,4-6H2,1-3H3,(H2,11,12,13);3-6H2,1-2H3,(H3,10,11,12,13,14);6H,3-5H2,1-2H3,(H3,10,11,12,13);4-5H2,1-3H3,(H2,9,10,11,12);4H2,1-3H3,(H2,8,9,10,11);3-4H2,1-2H3,(H3,8,9,10,11,12);3H2,1-2H3,(H3,7,8,9,10,11). The maximum atomic E-state index is 5.71. The molecule has 121 heavy (non-hydrogen) atoms. The van der Waals surface area contributed by atoms with Crippen LogP contribution in [0.15, 0.2) is 18.2 Å². The topological polar surface area (TPSA) is 611 Å². The van der Waals surface area contributed by atoms with Gasteiger partial charge in [-0.15, -0.1) is 0 Å². The van der Waals surface area contributed by atoms with E-state index in [1.165, 1.54) is 64.2 Å². The number of hydrogen-bond acceptors (Lipinski definition) is 43. The first-order valence-corrected chi connectivity index (χ1v) is 41.4. The lowest BCUT2D eigenvalue weighted by Gasteiger charge is -2.20. The van der Waals surface area contributed by atoms with E-state index in [2.05, 4.69) is 199 Å². The summed E-state index contributed by atoms with van der Waals surface area (Å²) in [4.78, 5) is 109. The maximum absolute atomic E-state index is 5.71. The van der Waals surface area contributed by atoms with Gasteiger partial charge in [0.1, 0.15) is 81.5 Å². The number of unbranched alkanes of at least 4 members (excludes halogenated alkanes) is 8. The minimum Gasteiger partial charge on any atom is -0.384 e. The van der Waals surface area contributed by atoms with Gasteiger partial charge in [-0.25, -0.2) is 19.9 Å². The average molecular weight is 1690 g/mol. The van der Waals surface area contributed by atoms with Gasteiger partial charge in [0.2, 0.25) is 77.3 Å². The molecule has 9 heterocycles. The van der Waals surface area contributed by atoms with E-state index in [4.69, 9.17) is 51.6 Å². The molecular formula is C78H145N43. The zero-order valence-electron chi connectivity index (χ0n) is 76.8. The number of rotatable bonds is 34. The minimum atomic E-state index is 0.258. The number of nitrogen functional groups attached to an aromatic ring is 9. The highest BCUT2D eigenvalue weighted by Gasteiger charge is 2.12. The SMILES string of the molecule is CCCCCN(C)c1cc(N(C)C)nc(N)n1.CCCCCN(C)c1nc(C)nc(N)n1.CCCCCNc1nc(C)nc(N)n1.CCCCN(C)c1cc(N)nc(C)n1.CCCCNc1cc(N)nc(C)n1.CCCN(C)c1nc(C)nc(N)n1.CCCNc1nc(C)nc(N)n1.CCN(C)c1nc(C)nc(N)n1.CCNc1nc(C)nc(N)n1. The summed E-state index contributed by atoms with van der Waals surface area (Å²) in [6.45, 7) is 41.7. The Labute approximate surface area is 718 Å². The minimum absolute atomic E-state index is 0.258. The Hall–Kier alpha value is -12.5. The van der Waals surface area contributed by atoms with E-state index in [0.29, 0.717) is 100.0 Å². The number of aromatic nitrogens is 24. The van der Waals surface area contributed by atoms with Gasteiger partial charge >= 0.3 is 0 Å². The Balaban J connectivity index is 0.000000682. The van der Waals surface area contributed by atoms with E-state index in [1.807, 2.05) is 116 Å². The van der Waals surface area contributed by atoms with Crippen LogP contribution in [0.3, 0.4) is 0 Å². The third kappa shape index (κ3) is 48.9. The molecule has 0 radical (unpaired) electrons. The molecule has 672 valence electrons. The molecule has 43 heteroatoms. The van der Waals surface area contributed by atoms with Crippen molar-refractivity contribution in [1.82, 2.24) is 120 Å². The van der Waals surface area contributed by atoms with Crippen molar-refractivity contribution in [2.75, 3.05) is 211 Å². The third-order valence-electron chi connectivity index (χ3n) is 16.1. The zero-order valence-corrected chi connectivity index (χ0v) is 76.8. The van der Waals surface area contributed by atoms with E-state index < -0.39 is 0 Å². The predicted molar refractivity (Wildman–Crippen MR) is 498 cm³/mol. The second-order valence-corrected chi connectivity index (χ2v) is 27.9. The molecule has 0 aliphatic heterocycles. The second kappa shape index (κ2) is 60.9. The third-order valence-corrected chi connectivity index (χ3v) is 16.1. The molecule has 9 rings (SSSR count). The van der Waals surface area contributed by atoms with Crippen molar-refractivity contribution < 1.29 is 0 Å². The molecule has 9 aromatic rings. The molecule has 0 atom stereocenters. The number of anilines is 19. The van der Waals surface area contributed by atoms with Gasteiger partial charge in [0.25, 0.3) is 0 Å². The first-order valence-electron chi connectivity index (χ1n) is 41.4. The molecule has 0 aromatic carbocycles. The van der Waals surface area contributed by atoms with E-state index in [-0.39, 0.29) is 29.7 Å². The number of aryl methyl sites for hydroxylation is 8. The van der Waals surface area contributed by atoms with Gasteiger partial charge in [-0.2, -0.15) is 99.7 Å². The van der Waals surface area contributed by atoms with Crippen LogP contribution < -0.4 is 102 Å². The van der Waals surface area contributed by atoms with Crippen LogP contribution in [0.25, 0.3) is 0 Å². The zero-order chi connectivity index (χ0) is 90.9. The normalized spacial score (nSPS) is 10.1. The van der Waals surface area contributed by atoms with Crippen LogP contribution in [0.5, 0.6) is 0 Å². The molecule has 0 spiro atoms. The number of nitrogens with one attached hydrogen (secondary N) is 4.